The number of benzene rings is 1. The Labute approximate surface area is 273 Å². The summed E-state index contributed by atoms with van der Waals surface area (Å²) in [5.74, 6) is 0.242. The number of pyridine rings is 3. The van der Waals surface area contributed by atoms with E-state index in [9.17, 15) is 9.59 Å². The van der Waals surface area contributed by atoms with Gasteiger partial charge in [-0.3, -0.25) is 24.5 Å². The summed E-state index contributed by atoms with van der Waals surface area (Å²) in [6.07, 6.45) is 4.75. The molecule has 1 aliphatic rings. The standard InChI is InChI=1S/C34H38ClN7O4/c1-21-25(5-4-6-27(21)40-33(45)29-10-7-22(17-38-29)20-42(2)15-16-43)32-31(35)26(13-14-37-32)28-11-8-23(34(41-28)46-3)18-36-19-24-9-12-30(44)39-24/h4-8,10-11,13-14,17,24,36,43H,9,12,15-16,18-20H2,1-3H3,(H,39,44)(H,40,45)/t24-/m1/s1. The minimum atomic E-state index is -0.331. The van der Waals surface area contributed by atoms with Gasteiger partial charge in [-0.2, -0.15) is 0 Å². The number of anilines is 1. The number of carbonyl (C=O) groups is 2. The van der Waals surface area contributed by atoms with Gasteiger partial charge in [0.15, 0.2) is 0 Å². The summed E-state index contributed by atoms with van der Waals surface area (Å²) in [5.41, 5.74) is 6.21. The van der Waals surface area contributed by atoms with Crippen molar-refractivity contribution in [3.63, 3.8) is 0 Å². The summed E-state index contributed by atoms with van der Waals surface area (Å²) in [7, 11) is 3.49. The number of aromatic nitrogens is 3. The minimum absolute atomic E-state index is 0.0787. The zero-order valence-electron chi connectivity index (χ0n) is 26.1. The molecule has 1 aliphatic heterocycles. The highest BCUT2D eigenvalue weighted by molar-refractivity contribution is 6.35. The predicted molar refractivity (Wildman–Crippen MR) is 178 cm³/mol. The van der Waals surface area contributed by atoms with Gasteiger partial charge in [0.25, 0.3) is 5.91 Å². The van der Waals surface area contributed by atoms with Gasteiger partial charge < -0.3 is 25.8 Å². The van der Waals surface area contributed by atoms with E-state index in [1.54, 1.807) is 25.6 Å². The number of aliphatic hydroxyl groups is 1. The first-order valence-corrected chi connectivity index (χ1v) is 15.5. The van der Waals surface area contributed by atoms with Crippen molar-refractivity contribution in [2.24, 2.45) is 0 Å². The molecule has 5 rings (SSSR count). The zero-order chi connectivity index (χ0) is 32.6. The van der Waals surface area contributed by atoms with Crippen LogP contribution in [-0.2, 0) is 17.9 Å². The van der Waals surface area contributed by atoms with Gasteiger partial charge in [0.1, 0.15) is 5.69 Å². The third-order valence-electron chi connectivity index (χ3n) is 7.92. The monoisotopic (exact) mass is 643 g/mol. The summed E-state index contributed by atoms with van der Waals surface area (Å²) in [4.78, 5) is 40.2. The number of aliphatic hydroxyl groups excluding tert-OH is 1. The van der Waals surface area contributed by atoms with Gasteiger partial charge in [0.2, 0.25) is 11.8 Å². The number of nitrogens with zero attached hydrogens (tertiary/aromatic N) is 4. The van der Waals surface area contributed by atoms with Crippen LogP contribution in [0.15, 0.2) is 60.9 Å². The molecule has 46 heavy (non-hydrogen) atoms. The Bertz CT molecular complexity index is 1700. The molecule has 1 fully saturated rings. The molecule has 240 valence electrons. The van der Waals surface area contributed by atoms with Crippen molar-refractivity contribution >= 4 is 29.1 Å². The molecule has 0 aliphatic carbocycles. The third-order valence-corrected chi connectivity index (χ3v) is 8.30. The lowest BCUT2D eigenvalue weighted by molar-refractivity contribution is -0.119. The number of hydrogen-bond acceptors (Lipinski definition) is 9. The van der Waals surface area contributed by atoms with Gasteiger partial charge in [-0.05, 0) is 55.8 Å². The Kier molecular flexibility index (Phi) is 10.9. The summed E-state index contributed by atoms with van der Waals surface area (Å²) < 4.78 is 5.61. The molecule has 0 saturated carbocycles. The van der Waals surface area contributed by atoms with Crippen molar-refractivity contribution in [1.29, 1.82) is 0 Å². The first-order chi connectivity index (χ1) is 22.3. The highest BCUT2D eigenvalue weighted by atomic mass is 35.5. The maximum atomic E-state index is 13.1. The largest absolute Gasteiger partial charge is 0.481 e. The lowest BCUT2D eigenvalue weighted by Gasteiger charge is -2.16. The van der Waals surface area contributed by atoms with E-state index in [1.165, 1.54) is 0 Å². The quantitative estimate of drug-likeness (QED) is 0.168. The maximum absolute atomic E-state index is 13.1. The molecule has 0 radical (unpaired) electrons. The molecule has 4 aromatic rings. The van der Waals surface area contributed by atoms with Crippen LogP contribution >= 0.6 is 11.6 Å². The van der Waals surface area contributed by atoms with Crippen molar-refractivity contribution in [2.45, 2.75) is 38.9 Å². The minimum Gasteiger partial charge on any atom is -0.481 e. The molecule has 12 heteroatoms. The SMILES string of the molecule is COc1nc(-c2ccnc(-c3cccc(NC(=O)c4ccc(CN(C)CCO)cn4)c3C)c2Cl)ccc1CNC[C@H]1CCC(=O)N1. The second kappa shape index (κ2) is 15.2. The highest BCUT2D eigenvalue weighted by Crippen LogP contribution is 2.38. The lowest BCUT2D eigenvalue weighted by Crippen LogP contribution is -2.35. The molecule has 4 N–H and O–H groups in total. The van der Waals surface area contributed by atoms with Crippen molar-refractivity contribution in [1.82, 2.24) is 30.5 Å². The Hall–Kier alpha value is -4.42. The maximum Gasteiger partial charge on any atom is 0.274 e. The molecular formula is C34H38ClN7O4. The summed E-state index contributed by atoms with van der Waals surface area (Å²) in [6, 6.07) is 14.9. The smallest absolute Gasteiger partial charge is 0.274 e. The highest BCUT2D eigenvalue weighted by Gasteiger charge is 2.21. The number of nitrogens with one attached hydrogen (secondary N) is 3. The third kappa shape index (κ3) is 7.86. The van der Waals surface area contributed by atoms with Gasteiger partial charge >= 0.3 is 0 Å². The van der Waals surface area contributed by atoms with Crippen LogP contribution in [-0.4, -0.2) is 76.7 Å². The van der Waals surface area contributed by atoms with Crippen molar-refractivity contribution in [2.75, 3.05) is 39.2 Å². The molecule has 0 unspecified atom stereocenters. The number of hydrogen-bond donors (Lipinski definition) is 4. The van der Waals surface area contributed by atoms with Crippen molar-refractivity contribution in [3.05, 3.63) is 88.3 Å². The van der Waals surface area contributed by atoms with Crippen LogP contribution in [0.4, 0.5) is 5.69 Å². The van der Waals surface area contributed by atoms with E-state index >= 15 is 0 Å². The van der Waals surface area contributed by atoms with Crippen molar-refractivity contribution in [3.8, 4) is 28.4 Å². The predicted octanol–water partition coefficient (Wildman–Crippen LogP) is 4.22. The van der Waals surface area contributed by atoms with Crippen LogP contribution < -0.4 is 20.7 Å². The van der Waals surface area contributed by atoms with Crippen LogP contribution in [0, 0.1) is 6.92 Å². The fourth-order valence-electron chi connectivity index (χ4n) is 5.40. The normalized spacial score (nSPS) is 14.4. The molecule has 1 saturated heterocycles. The number of carbonyl (C=O) groups excluding carboxylic acids is 2. The molecule has 11 nitrogen and oxygen atoms in total. The summed E-state index contributed by atoms with van der Waals surface area (Å²) in [6.45, 7) is 4.37. The van der Waals surface area contributed by atoms with Crippen LogP contribution in [0.5, 0.6) is 5.88 Å². The number of ether oxygens (including phenoxy) is 1. The van der Waals surface area contributed by atoms with Crippen molar-refractivity contribution < 1.29 is 19.4 Å². The molecular weight excluding hydrogens is 606 g/mol. The number of amides is 2. The van der Waals surface area contributed by atoms with Crippen LogP contribution in [0.1, 0.15) is 40.0 Å². The average Bonchev–Trinajstić information content (AvgIpc) is 3.47. The second-order valence-electron chi connectivity index (χ2n) is 11.3. The molecule has 0 bridgehead atoms. The van der Waals surface area contributed by atoms with E-state index in [0.29, 0.717) is 71.8 Å². The number of halogens is 1. The summed E-state index contributed by atoms with van der Waals surface area (Å²) in [5, 5.41) is 18.8. The molecule has 4 heterocycles. The molecule has 3 aromatic heterocycles. The van der Waals surface area contributed by atoms with Gasteiger partial charge in [-0.25, -0.2) is 4.98 Å². The van der Waals surface area contributed by atoms with E-state index in [-0.39, 0.29) is 24.5 Å². The van der Waals surface area contributed by atoms with E-state index in [2.05, 4.69) is 25.9 Å². The zero-order valence-corrected chi connectivity index (χ0v) is 26.9. The second-order valence-corrected chi connectivity index (χ2v) is 11.6. The average molecular weight is 644 g/mol. The Morgan fingerprint density at radius 2 is 2.00 bits per heavy atom. The molecule has 2 amide bonds. The fraction of sp³-hybridized carbons (Fsp3) is 0.324. The van der Waals surface area contributed by atoms with E-state index in [1.807, 2.05) is 61.3 Å². The fourth-order valence-corrected chi connectivity index (χ4v) is 5.71. The topological polar surface area (TPSA) is 142 Å². The Morgan fingerprint density at radius 1 is 1.15 bits per heavy atom. The first-order valence-electron chi connectivity index (χ1n) is 15.1. The summed E-state index contributed by atoms with van der Waals surface area (Å²) >= 11 is 6.97. The first kappa shape index (κ1) is 33.0. The number of methoxy groups -OCH3 is 1. The van der Waals surface area contributed by atoms with Gasteiger partial charge in [-0.1, -0.05) is 35.9 Å². The molecule has 1 aromatic carbocycles. The molecule has 1 atom stereocenters. The van der Waals surface area contributed by atoms with E-state index < -0.39 is 0 Å². The number of rotatable bonds is 13. The van der Waals surface area contributed by atoms with Crippen LogP contribution in [0.25, 0.3) is 22.5 Å². The van der Waals surface area contributed by atoms with Gasteiger partial charge in [0.05, 0.1) is 30.1 Å². The van der Waals surface area contributed by atoms with E-state index in [4.69, 9.17) is 26.4 Å². The number of likely N-dealkylation sites (N-methyl/N-ethyl adjacent to an activating group) is 1. The molecule has 0 spiro atoms. The van der Waals surface area contributed by atoms with Crippen LogP contribution in [0.3, 0.4) is 0 Å². The van der Waals surface area contributed by atoms with Gasteiger partial charge in [-0.15, -0.1) is 0 Å². The van der Waals surface area contributed by atoms with Gasteiger partial charge in [0, 0.05) is 73.4 Å². The Morgan fingerprint density at radius 3 is 2.72 bits per heavy atom. The Balaban J connectivity index is 1.31. The van der Waals surface area contributed by atoms with E-state index in [0.717, 1.165) is 28.7 Å². The van der Waals surface area contributed by atoms with Crippen LogP contribution in [0.2, 0.25) is 5.02 Å². The lowest BCUT2D eigenvalue weighted by atomic mass is 10.0.